The van der Waals surface area contributed by atoms with Gasteiger partial charge in [0.05, 0.1) is 11.7 Å². The number of anilines is 1. The van der Waals surface area contributed by atoms with E-state index in [0.717, 1.165) is 11.6 Å². The zero-order valence-electron chi connectivity index (χ0n) is 13.6. The molecule has 1 aromatic heterocycles. The van der Waals surface area contributed by atoms with Crippen LogP contribution < -0.4 is 10.6 Å². The molecule has 1 aliphatic rings. The Labute approximate surface area is 133 Å². The van der Waals surface area contributed by atoms with Crippen molar-refractivity contribution in [2.24, 2.45) is 0 Å². The number of hydrogen-bond acceptors (Lipinski definition) is 3. The van der Waals surface area contributed by atoms with Crippen LogP contribution in [0.2, 0.25) is 0 Å². The molecule has 0 amide bonds. The lowest BCUT2D eigenvalue weighted by Crippen LogP contribution is -2.37. The Morgan fingerprint density at radius 3 is 2.77 bits per heavy atom. The second-order valence-electron chi connectivity index (χ2n) is 6.53. The molecule has 1 saturated carbocycles. The molecule has 120 valence electrons. The minimum Gasteiger partial charge on any atom is -0.382 e. The number of fused-ring (bicyclic) bond motifs is 1. The van der Waals surface area contributed by atoms with Crippen LogP contribution in [0.5, 0.6) is 0 Å². The van der Waals surface area contributed by atoms with E-state index in [1.165, 1.54) is 62.6 Å². The average molecular weight is 300 g/mol. The van der Waals surface area contributed by atoms with Crippen LogP contribution in [-0.4, -0.2) is 28.8 Å². The van der Waals surface area contributed by atoms with Gasteiger partial charge < -0.3 is 10.6 Å². The quantitative estimate of drug-likeness (QED) is 0.676. The maximum absolute atomic E-state index is 4.08. The SMILES string of the molecule is CCCCCNC1CCC(Nc2ccc3[nH]ncc3c2)CC1. The number of unbranched alkanes of at least 4 members (excludes halogenated alkanes) is 2. The molecule has 1 aliphatic carbocycles. The van der Waals surface area contributed by atoms with Gasteiger partial charge in [0.25, 0.3) is 0 Å². The predicted octanol–water partition coefficient (Wildman–Crippen LogP) is 4.07. The van der Waals surface area contributed by atoms with Crippen LogP contribution >= 0.6 is 0 Å². The molecule has 1 fully saturated rings. The fraction of sp³-hybridized carbons (Fsp3) is 0.611. The van der Waals surface area contributed by atoms with Crippen molar-refractivity contribution in [3.8, 4) is 0 Å². The molecule has 22 heavy (non-hydrogen) atoms. The lowest BCUT2D eigenvalue weighted by Gasteiger charge is -2.30. The first-order valence-corrected chi connectivity index (χ1v) is 8.78. The van der Waals surface area contributed by atoms with Gasteiger partial charge in [-0.3, -0.25) is 5.10 Å². The molecular weight excluding hydrogens is 272 g/mol. The van der Waals surface area contributed by atoms with Crippen molar-refractivity contribution >= 4 is 16.6 Å². The maximum Gasteiger partial charge on any atom is 0.0651 e. The van der Waals surface area contributed by atoms with E-state index >= 15 is 0 Å². The Bertz CT molecular complexity index is 569. The third-order valence-electron chi connectivity index (χ3n) is 4.75. The van der Waals surface area contributed by atoms with Crippen molar-refractivity contribution in [2.75, 3.05) is 11.9 Å². The Hall–Kier alpha value is -1.55. The van der Waals surface area contributed by atoms with E-state index in [1.54, 1.807) is 0 Å². The number of hydrogen-bond donors (Lipinski definition) is 3. The lowest BCUT2D eigenvalue weighted by molar-refractivity contribution is 0.352. The number of nitrogens with one attached hydrogen (secondary N) is 3. The summed E-state index contributed by atoms with van der Waals surface area (Å²) >= 11 is 0. The molecule has 0 unspecified atom stereocenters. The maximum atomic E-state index is 4.08. The first-order chi connectivity index (χ1) is 10.8. The van der Waals surface area contributed by atoms with Crippen LogP contribution in [0, 0.1) is 0 Å². The number of aromatic amines is 1. The monoisotopic (exact) mass is 300 g/mol. The smallest absolute Gasteiger partial charge is 0.0651 e. The summed E-state index contributed by atoms with van der Waals surface area (Å²) in [7, 11) is 0. The number of H-pyrrole nitrogens is 1. The van der Waals surface area contributed by atoms with E-state index < -0.39 is 0 Å². The van der Waals surface area contributed by atoms with E-state index in [2.05, 4.69) is 46.0 Å². The highest BCUT2D eigenvalue weighted by Crippen LogP contribution is 2.24. The Balaban J connectivity index is 1.43. The van der Waals surface area contributed by atoms with Gasteiger partial charge in [-0.2, -0.15) is 5.10 Å². The van der Waals surface area contributed by atoms with Crippen molar-refractivity contribution in [3.05, 3.63) is 24.4 Å². The van der Waals surface area contributed by atoms with E-state index in [-0.39, 0.29) is 0 Å². The summed E-state index contributed by atoms with van der Waals surface area (Å²) in [6.07, 6.45) is 11.0. The van der Waals surface area contributed by atoms with Crippen LogP contribution in [-0.2, 0) is 0 Å². The normalized spacial score (nSPS) is 22.0. The largest absolute Gasteiger partial charge is 0.382 e. The van der Waals surface area contributed by atoms with Crippen LogP contribution in [0.25, 0.3) is 10.9 Å². The molecule has 4 nitrogen and oxygen atoms in total. The summed E-state index contributed by atoms with van der Waals surface area (Å²) in [5.74, 6) is 0. The third kappa shape index (κ3) is 4.01. The van der Waals surface area contributed by atoms with Gasteiger partial charge >= 0.3 is 0 Å². The lowest BCUT2D eigenvalue weighted by atomic mass is 9.91. The highest BCUT2D eigenvalue weighted by Gasteiger charge is 2.20. The van der Waals surface area contributed by atoms with E-state index in [0.29, 0.717) is 6.04 Å². The number of nitrogens with zero attached hydrogens (tertiary/aromatic N) is 1. The minimum absolute atomic E-state index is 0.609. The van der Waals surface area contributed by atoms with Gasteiger partial charge in [-0.1, -0.05) is 19.8 Å². The van der Waals surface area contributed by atoms with Crippen molar-refractivity contribution in [1.82, 2.24) is 15.5 Å². The highest BCUT2D eigenvalue weighted by molar-refractivity contribution is 5.81. The second-order valence-corrected chi connectivity index (χ2v) is 6.53. The van der Waals surface area contributed by atoms with Gasteiger partial charge in [0.15, 0.2) is 0 Å². The van der Waals surface area contributed by atoms with E-state index in [4.69, 9.17) is 0 Å². The molecule has 1 aromatic carbocycles. The molecule has 0 spiro atoms. The number of aromatic nitrogens is 2. The molecule has 0 aliphatic heterocycles. The fourth-order valence-electron chi connectivity index (χ4n) is 3.39. The molecular formula is C18H28N4. The third-order valence-corrected chi connectivity index (χ3v) is 4.75. The average Bonchev–Trinajstić information content (AvgIpc) is 3.01. The number of benzene rings is 1. The molecule has 0 bridgehead atoms. The van der Waals surface area contributed by atoms with Crippen LogP contribution in [0.4, 0.5) is 5.69 Å². The molecule has 2 aromatic rings. The van der Waals surface area contributed by atoms with E-state index in [1.807, 2.05) is 6.20 Å². The van der Waals surface area contributed by atoms with Crippen molar-refractivity contribution in [2.45, 2.75) is 64.0 Å². The Morgan fingerprint density at radius 1 is 1.14 bits per heavy atom. The first kappa shape index (κ1) is 15.3. The van der Waals surface area contributed by atoms with Crippen LogP contribution in [0.15, 0.2) is 24.4 Å². The van der Waals surface area contributed by atoms with Gasteiger partial charge in [-0.05, 0) is 56.8 Å². The molecule has 3 N–H and O–H groups in total. The first-order valence-electron chi connectivity index (χ1n) is 8.78. The van der Waals surface area contributed by atoms with Crippen molar-refractivity contribution < 1.29 is 0 Å². The molecule has 4 heteroatoms. The molecule has 3 rings (SSSR count). The second kappa shape index (κ2) is 7.63. The number of rotatable bonds is 7. The molecule has 0 atom stereocenters. The molecule has 1 heterocycles. The summed E-state index contributed by atoms with van der Waals surface area (Å²) in [5, 5.41) is 15.7. The summed E-state index contributed by atoms with van der Waals surface area (Å²) in [6.45, 7) is 3.45. The van der Waals surface area contributed by atoms with Crippen LogP contribution in [0.3, 0.4) is 0 Å². The zero-order valence-corrected chi connectivity index (χ0v) is 13.6. The Kier molecular flexibility index (Phi) is 5.33. The molecule has 0 saturated heterocycles. The van der Waals surface area contributed by atoms with Gasteiger partial charge in [0, 0.05) is 23.2 Å². The minimum atomic E-state index is 0.609. The zero-order chi connectivity index (χ0) is 15.2. The summed E-state index contributed by atoms with van der Waals surface area (Å²) in [4.78, 5) is 0. The van der Waals surface area contributed by atoms with Crippen molar-refractivity contribution in [1.29, 1.82) is 0 Å². The van der Waals surface area contributed by atoms with Gasteiger partial charge in [0.1, 0.15) is 0 Å². The summed E-state index contributed by atoms with van der Waals surface area (Å²) in [6, 6.07) is 7.78. The van der Waals surface area contributed by atoms with Crippen LogP contribution in [0.1, 0.15) is 51.9 Å². The highest BCUT2D eigenvalue weighted by atomic mass is 15.1. The van der Waals surface area contributed by atoms with Gasteiger partial charge in [-0.15, -0.1) is 0 Å². The van der Waals surface area contributed by atoms with Gasteiger partial charge in [-0.25, -0.2) is 0 Å². The van der Waals surface area contributed by atoms with E-state index in [9.17, 15) is 0 Å². The predicted molar refractivity (Wildman–Crippen MR) is 93.3 cm³/mol. The standard InChI is InChI=1S/C18H28N4/c1-2-3-4-11-19-15-5-7-16(8-6-15)21-17-9-10-18-14(12-17)13-20-22-18/h9-10,12-13,15-16,19,21H,2-8,11H2,1H3,(H,20,22). The summed E-state index contributed by atoms with van der Waals surface area (Å²) < 4.78 is 0. The Morgan fingerprint density at radius 2 is 1.95 bits per heavy atom. The fourth-order valence-corrected chi connectivity index (χ4v) is 3.39. The topological polar surface area (TPSA) is 52.7 Å². The van der Waals surface area contributed by atoms with Crippen molar-refractivity contribution in [3.63, 3.8) is 0 Å². The molecule has 0 radical (unpaired) electrons. The van der Waals surface area contributed by atoms with Gasteiger partial charge in [0.2, 0.25) is 0 Å². The summed E-state index contributed by atoms with van der Waals surface area (Å²) in [5.41, 5.74) is 2.32.